The lowest BCUT2D eigenvalue weighted by atomic mass is 10.1. The number of carbonyl (C=O) groups is 2. The van der Waals surface area contributed by atoms with Crippen LogP contribution in [-0.2, 0) is 17.8 Å². The molecular weight excluding hydrogens is 415 g/mol. The third-order valence-corrected chi connectivity index (χ3v) is 4.10. The average molecular weight is 429 g/mol. The van der Waals surface area contributed by atoms with Crippen LogP contribution in [-0.4, -0.2) is 38.3 Å². The molecule has 0 aliphatic carbocycles. The fourth-order valence-electron chi connectivity index (χ4n) is 1.92. The van der Waals surface area contributed by atoms with E-state index in [4.69, 9.17) is 19.4 Å². The second-order valence-electron chi connectivity index (χ2n) is 5.39. The van der Waals surface area contributed by atoms with Gasteiger partial charge in [0.25, 0.3) is 0 Å². The fraction of sp³-hybridized carbons (Fsp3) is 0.176. The van der Waals surface area contributed by atoms with Gasteiger partial charge in [0.2, 0.25) is 5.89 Å². The summed E-state index contributed by atoms with van der Waals surface area (Å²) >= 11 is 1.36. The highest BCUT2D eigenvalue weighted by molar-refractivity contribution is 7.09. The molecule has 0 aliphatic heterocycles. The highest BCUT2D eigenvalue weighted by Gasteiger charge is 2.38. The standard InChI is InChI=1S/C15H13N3O3S.C2HF3O2/c19-15(20)12-9-22-14(18-12)7-10-1-3-11(4-2-10)17-8-13-16-5-6-21-13;3-2(4,5)1(6)7/h1-6,9,17H,7-8H2,(H,19,20);(H,6,7). The van der Waals surface area contributed by atoms with E-state index in [2.05, 4.69) is 15.3 Å². The molecule has 0 unspecified atom stereocenters. The van der Waals surface area contributed by atoms with E-state index in [1.807, 2.05) is 24.3 Å². The maximum absolute atomic E-state index is 10.8. The van der Waals surface area contributed by atoms with Gasteiger partial charge in [-0.2, -0.15) is 13.2 Å². The summed E-state index contributed by atoms with van der Waals surface area (Å²) in [4.78, 5) is 27.8. The van der Waals surface area contributed by atoms with Crippen molar-refractivity contribution in [1.29, 1.82) is 0 Å². The number of aromatic nitrogens is 2. The molecule has 2 heterocycles. The minimum Gasteiger partial charge on any atom is -0.476 e. The molecule has 1 aromatic carbocycles. The molecule has 12 heteroatoms. The number of halogens is 3. The first-order chi connectivity index (χ1) is 13.6. The predicted octanol–water partition coefficient (Wildman–Crippen LogP) is 3.67. The number of alkyl halides is 3. The van der Waals surface area contributed by atoms with Crippen molar-refractivity contribution in [2.45, 2.75) is 19.1 Å². The monoisotopic (exact) mass is 429 g/mol. The Balaban J connectivity index is 0.000000370. The molecular formula is C17H14F3N3O5S. The lowest BCUT2D eigenvalue weighted by Crippen LogP contribution is -2.21. The van der Waals surface area contributed by atoms with Gasteiger partial charge in [0.05, 0.1) is 17.7 Å². The molecule has 154 valence electrons. The van der Waals surface area contributed by atoms with Crippen LogP contribution in [0.5, 0.6) is 0 Å². The smallest absolute Gasteiger partial charge is 0.476 e. The summed E-state index contributed by atoms with van der Waals surface area (Å²) in [7, 11) is 0. The number of nitrogens with one attached hydrogen (secondary N) is 1. The van der Waals surface area contributed by atoms with Gasteiger partial charge in [-0.25, -0.2) is 19.6 Å². The number of aliphatic carboxylic acids is 1. The van der Waals surface area contributed by atoms with Gasteiger partial charge in [-0.1, -0.05) is 12.1 Å². The van der Waals surface area contributed by atoms with Crippen LogP contribution in [0.4, 0.5) is 18.9 Å². The molecule has 0 aliphatic rings. The zero-order chi connectivity index (χ0) is 21.4. The van der Waals surface area contributed by atoms with Crippen molar-refractivity contribution in [2.75, 3.05) is 5.32 Å². The molecule has 0 atom stereocenters. The molecule has 0 spiro atoms. The number of carboxylic acids is 2. The molecule has 0 fully saturated rings. The summed E-state index contributed by atoms with van der Waals surface area (Å²) in [5.74, 6) is -3.12. The van der Waals surface area contributed by atoms with Crippen molar-refractivity contribution >= 4 is 29.0 Å². The zero-order valence-corrected chi connectivity index (χ0v) is 15.3. The largest absolute Gasteiger partial charge is 0.490 e. The number of anilines is 1. The number of aromatic carboxylic acids is 1. The molecule has 3 rings (SSSR count). The third kappa shape index (κ3) is 7.25. The Hall–Kier alpha value is -3.41. The van der Waals surface area contributed by atoms with E-state index in [-0.39, 0.29) is 5.69 Å². The molecule has 3 aromatic rings. The van der Waals surface area contributed by atoms with E-state index in [0.717, 1.165) is 16.3 Å². The molecule has 0 bridgehead atoms. The number of nitrogens with zero attached hydrogens (tertiary/aromatic N) is 2. The molecule has 8 nitrogen and oxygen atoms in total. The summed E-state index contributed by atoms with van der Waals surface area (Å²) in [6.45, 7) is 0.529. The van der Waals surface area contributed by atoms with Crippen LogP contribution in [0.15, 0.2) is 46.5 Å². The molecule has 3 N–H and O–H groups in total. The van der Waals surface area contributed by atoms with Gasteiger partial charge in [0, 0.05) is 17.5 Å². The molecule has 29 heavy (non-hydrogen) atoms. The summed E-state index contributed by atoms with van der Waals surface area (Å²) < 4.78 is 36.9. The number of thiazole rings is 1. The maximum atomic E-state index is 10.8. The quantitative estimate of drug-likeness (QED) is 0.542. The van der Waals surface area contributed by atoms with Crippen LogP contribution in [0.25, 0.3) is 0 Å². The summed E-state index contributed by atoms with van der Waals surface area (Å²) in [6.07, 6.45) is -1.31. The molecule has 0 radical (unpaired) electrons. The Labute approximate surface area is 165 Å². The fourth-order valence-corrected chi connectivity index (χ4v) is 2.73. The van der Waals surface area contributed by atoms with Crippen molar-refractivity contribution < 1.29 is 37.4 Å². The van der Waals surface area contributed by atoms with E-state index in [1.54, 1.807) is 17.8 Å². The minimum absolute atomic E-state index is 0.101. The van der Waals surface area contributed by atoms with Crippen molar-refractivity contribution in [3.63, 3.8) is 0 Å². The molecule has 0 amide bonds. The number of benzene rings is 1. The summed E-state index contributed by atoms with van der Waals surface area (Å²) in [5, 5.41) is 21.5. The second-order valence-corrected chi connectivity index (χ2v) is 6.33. The SMILES string of the molecule is O=C(O)C(F)(F)F.O=C(O)c1csc(Cc2ccc(NCc3ncco3)cc2)n1. The van der Waals surface area contributed by atoms with E-state index in [1.165, 1.54) is 11.3 Å². The highest BCUT2D eigenvalue weighted by atomic mass is 32.1. The van der Waals surface area contributed by atoms with Crippen LogP contribution in [0.2, 0.25) is 0 Å². The first-order valence-corrected chi connectivity index (χ1v) is 8.72. The van der Waals surface area contributed by atoms with E-state index in [9.17, 15) is 18.0 Å². The maximum Gasteiger partial charge on any atom is 0.490 e. The Bertz CT molecular complexity index is 940. The van der Waals surface area contributed by atoms with Gasteiger partial charge in [-0.05, 0) is 17.7 Å². The highest BCUT2D eigenvalue weighted by Crippen LogP contribution is 2.17. The first kappa shape index (κ1) is 21.9. The Kier molecular flexibility index (Phi) is 7.31. The lowest BCUT2D eigenvalue weighted by Gasteiger charge is -2.05. The van der Waals surface area contributed by atoms with Crippen LogP contribution in [0.3, 0.4) is 0 Å². The molecule has 0 saturated carbocycles. The van der Waals surface area contributed by atoms with Gasteiger partial charge < -0.3 is 19.9 Å². The van der Waals surface area contributed by atoms with Crippen molar-refractivity contribution in [1.82, 2.24) is 9.97 Å². The van der Waals surface area contributed by atoms with Gasteiger partial charge in [0.15, 0.2) is 5.69 Å². The first-order valence-electron chi connectivity index (χ1n) is 7.84. The van der Waals surface area contributed by atoms with Crippen LogP contribution in [0, 0.1) is 0 Å². The Morgan fingerprint density at radius 2 is 1.83 bits per heavy atom. The zero-order valence-electron chi connectivity index (χ0n) is 14.5. The Morgan fingerprint density at radius 1 is 1.17 bits per heavy atom. The third-order valence-electron chi connectivity index (χ3n) is 3.25. The van der Waals surface area contributed by atoms with E-state index in [0.29, 0.717) is 18.9 Å². The lowest BCUT2D eigenvalue weighted by molar-refractivity contribution is -0.192. The Morgan fingerprint density at radius 3 is 2.31 bits per heavy atom. The number of oxazole rings is 1. The molecule has 0 saturated heterocycles. The van der Waals surface area contributed by atoms with Gasteiger partial charge in [0.1, 0.15) is 6.26 Å². The average Bonchev–Trinajstić information content (AvgIpc) is 3.33. The van der Waals surface area contributed by atoms with E-state index >= 15 is 0 Å². The van der Waals surface area contributed by atoms with Gasteiger partial charge in [-0.3, -0.25) is 0 Å². The number of rotatable bonds is 6. The van der Waals surface area contributed by atoms with Crippen LogP contribution < -0.4 is 5.32 Å². The summed E-state index contributed by atoms with van der Waals surface area (Å²) in [6, 6.07) is 7.90. The van der Waals surface area contributed by atoms with Gasteiger partial charge in [-0.15, -0.1) is 11.3 Å². The summed E-state index contributed by atoms with van der Waals surface area (Å²) in [5.41, 5.74) is 2.14. The topological polar surface area (TPSA) is 126 Å². The number of hydrogen-bond donors (Lipinski definition) is 3. The van der Waals surface area contributed by atoms with Crippen LogP contribution >= 0.6 is 11.3 Å². The second kappa shape index (κ2) is 9.68. The number of hydrogen-bond acceptors (Lipinski definition) is 7. The van der Waals surface area contributed by atoms with Crippen molar-refractivity contribution in [3.05, 3.63) is 64.3 Å². The van der Waals surface area contributed by atoms with Crippen molar-refractivity contribution in [3.8, 4) is 0 Å². The van der Waals surface area contributed by atoms with Crippen molar-refractivity contribution in [2.24, 2.45) is 0 Å². The minimum atomic E-state index is -5.08. The predicted molar refractivity (Wildman–Crippen MR) is 95.8 cm³/mol. The van der Waals surface area contributed by atoms with Crippen LogP contribution in [0.1, 0.15) is 27.0 Å². The van der Waals surface area contributed by atoms with Gasteiger partial charge >= 0.3 is 18.1 Å². The normalized spacial score (nSPS) is 10.7. The van der Waals surface area contributed by atoms with E-state index < -0.39 is 18.1 Å². The molecule has 2 aromatic heterocycles. The number of carboxylic acid groups (broad SMARTS) is 2.